The molecular formula is C24H37N3O2. The van der Waals surface area contributed by atoms with Crippen molar-refractivity contribution in [3.63, 3.8) is 0 Å². The zero-order chi connectivity index (χ0) is 19.9. The monoisotopic (exact) mass is 399 g/mol. The molecule has 3 aliphatic heterocycles. The number of para-hydroxylation sites is 1. The van der Waals surface area contributed by atoms with Gasteiger partial charge in [0.05, 0.1) is 6.10 Å². The number of rotatable bonds is 7. The van der Waals surface area contributed by atoms with Gasteiger partial charge in [-0.05, 0) is 76.1 Å². The molecule has 29 heavy (non-hydrogen) atoms. The Kier molecular flexibility index (Phi) is 7.44. The first-order chi connectivity index (χ1) is 14.3. The highest BCUT2D eigenvalue weighted by atomic mass is 16.5. The summed E-state index contributed by atoms with van der Waals surface area (Å²) < 4.78 is 5.58. The van der Waals surface area contributed by atoms with Crippen molar-refractivity contribution in [2.45, 2.75) is 63.5 Å². The molecular weight excluding hydrogens is 362 g/mol. The normalized spacial score (nSPS) is 24.7. The van der Waals surface area contributed by atoms with Gasteiger partial charge in [-0.15, -0.1) is 0 Å². The van der Waals surface area contributed by atoms with Crippen LogP contribution < -0.4 is 10.2 Å². The minimum Gasteiger partial charge on any atom is -0.376 e. The predicted octanol–water partition coefficient (Wildman–Crippen LogP) is 3.44. The molecule has 0 aromatic heterocycles. The number of hydrogen-bond acceptors (Lipinski definition) is 4. The van der Waals surface area contributed by atoms with Gasteiger partial charge in [-0.3, -0.25) is 4.79 Å². The number of hydrogen-bond donors (Lipinski definition) is 1. The maximum Gasteiger partial charge on any atom is 0.220 e. The van der Waals surface area contributed by atoms with Gasteiger partial charge < -0.3 is 19.9 Å². The lowest BCUT2D eigenvalue weighted by Crippen LogP contribution is -2.47. The van der Waals surface area contributed by atoms with Crippen LogP contribution in [0.15, 0.2) is 30.3 Å². The number of ether oxygens (including phenoxy) is 1. The van der Waals surface area contributed by atoms with E-state index in [2.05, 4.69) is 45.4 Å². The Morgan fingerprint density at radius 2 is 1.76 bits per heavy atom. The Labute approximate surface area is 175 Å². The summed E-state index contributed by atoms with van der Waals surface area (Å²) in [5.41, 5.74) is 1.36. The lowest BCUT2D eigenvalue weighted by Gasteiger charge is -2.42. The second-order valence-corrected chi connectivity index (χ2v) is 9.01. The highest BCUT2D eigenvalue weighted by Gasteiger charge is 2.28. The minimum atomic E-state index is 0.205. The largest absolute Gasteiger partial charge is 0.376 e. The van der Waals surface area contributed by atoms with E-state index >= 15 is 0 Å². The summed E-state index contributed by atoms with van der Waals surface area (Å²) in [6.45, 7) is 6.29. The van der Waals surface area contributed by atoms with E-state index in [4.69, 9.17) is 4.74 Å². The second kappa shape index (κ2) is 10.4. The molecule has 0 aliphatic carbocycles. The molecule has 1 N–H and O–H groups in total. The molecule has 0 radical (unpaired) electrons. The van der Waals surface area contributed by atoms with Gasteiger partial charge in [-0.1, -0.05) is 18.2 Å². The molecule has 1 atom stereocenters. The van der Waals surface area contributed by atoms with Gasteiger partial charge in [0.25, 0.3) is 0 Å². The van der Waals surface area contributed by atoms with Crippen LogP contribution in [0.25, 0.3) is 0 Å². The molecule has 0 spiro atoms. The van der Waals surface area contributed by atoms with Crippen LogP contribution >= 0.6 is 0 Å². The van der Waals surface area contributed by atoms with E-state index in [-0.39, 0.29) is 12.0 Å². The summed E-state index contributed by atoms with van der Waals surface area (Å²) in [5, 5.41) is 3.06. The topological polar surface area (TPSA) is 44.8 Å². The van der Waals surface area contributed by atoms with Crippen molar-refractivity contribution in [3.05, 3.63) is 30.3 Å². The fourth-order valence-electron chi connectivity index (χ4n) is 5.19. The number of nitrogens with one attached hydrogen (secondary N) is 1. The van der Waals surface area contributed by atoms with Crippen molar-refractivity contribution in [3.8, 4) is 0 Å². The van der Waals surface area contributed by atoms with Crippen LogP contribution in [0.5, 0.6) is 0 Å². The Morgan fingerprint density at radius 3 is 2.45 bits per heavy atom. The fourth-order valence-corrected chi connectivity index (χ4v) is 5.19. The predicted molar refractivity (Wildman–Crippen MR) is 117 cm³/mol. The van der Waals surface area contributed by atoms with Crippen molar-refractivity contribution in [1.82, 2.24) is 10.2 Å². The number of likely N-dealkylation sites (tertiary alicyclic amines) is 1. The zero-order valence-electron chi connectivity index (χ0n) is 17.7. The minimum absolute atomic E-state index is 0.205. The Morgan fingerprint density at radius 1 is 1.00 bits per heavy atom. The fraction of sp³-hybridized carbons (Fsp3) is 0.708. The van der Waals surface area contributed by atoms with E-state index < -0.39 is 0 Å². The van der Waals surface area contributed by atoms with Gasteiger partial charge in [0, 0.05) is 44.4 Å². The van der Waals surface area contributed by atoms with Crippen molar-refractivity contribution in [2.75, 3.05) is 44.2 Å². The zero-order valence-corrected chi connectivity index (χ0v) is 17.7. The summed E-state index contributed by atoms with van der Waals surface area (Å²) in [4.78, 5) is 17.4. The van der Waals surface area contributed by atoms with Crippen molar-refractivity contribution in [2.24, 2.45) is 5.92 Å². The summed E-state index contributed by atoms with van der Waals surface area (Å²) >= 11 is 0. The third-order valence-corrected chi connectivity index (χ3v) is 7.08. The van der Waals surface area contributed by atoms with Crippen LogP contribution in [0, 0.1) is 5.92 Å². The highest BCUT2D eigenvalue weighted by molar-refractivity contribution is 5.75. The highest BCUT2D eigenvalue weighted by Crippen LogP contribution is 2.28. The van der Waals surface area contributed by atoms with E-state index in [0.717, 1.165) is 31.9 Å². The number of amides is 1. The van der Waals surface area contributed by atoms with E-state index in [0.29, 0.717) is 18.9 Å². The number of anilines is 1. The average molecular weight is 400 g/mol. The molecule has 5 heteroatoms. The van der Waals surface area contributed by atoms with Crippen LogP contribution in [0.4, 0.5) is 5.69 Å². The molecule has 0 saturated carbocycles. The molecule has 5 nitrogen and oxygen atoms in total. The number of piperidine rings is 2. The lowest BCUT2D eigenvalue weighted by atomic mass is 9.90. The van der Waals surface area contributed by atoms with E-state index in [9.17, 15) is 4.79 Å². The van der Waals surface area contributed by atoms with Gasteiger partial charge in [0.2, 0.25) is 5.91 Å². The van der Waals surface area contributed by atoms with Crippen LogP contribution in [-0.2, 0) is 9.53 Å². The Hall–Kier alpha value is -1.59. The maximum absolute atomic E-state index is 12.1. The lowest BCUT2D eigenvalue weighted by molar-refractivity contribution is -0.122. The van der Waals surface area contributed by atoms with Gasteiger partial charge in [0.1, 0.15) is 0 Å². The molecule has 3 aliphatic rings. The molecule has 0 bridgehead atoms. The number of carbonyl (C=O) groups excluding carboxylic acids is 1. The van der Waals surface area contributed by atoms with Crippen LogP contribution in [0.2, 0.25) is 0 Å². The molecule has 3 heterocycles. The first kappa shape index (κ1) is 20.7. The van der Waals surface area contributed by atoms with Crippen LogP contribution in [0.1, 0.15) is 51.4 Å². The number of nitrogens with zero attached hydrogens (tertiary/aromatic N) is 2. The quantitative estimate of drug-likeness (QED) is 0.763. The van der Waals surface area contributed by atoms with Crippen molar-refractivity contribution < 1.29 is 9.53 Å². The van der Waals surface area contributed by atoms with Crippen LogP contribution in [-0.4, -0.2) is 62.3 Å². The van der Waals surface area contributed by atoms with E-state index in [1.165, 1.54) is 57.5 Å². The van der Waals surface area contributed by atoms with E-state index in [1.807, 2.05) is 0 Å². The van der Waals surface area contributed by atoms with Gasteiger partial charge in [-0.2, -0.15) is 0 Å². The third kappa shape index (κ3) is 5.95. The second-order valence-electron chi connectivity index (χ2n) is 9.01. The third-order valence-electron chi connectivity index (χ3n) is 7.08. The van der Waals surface area contributed by atoms with E-state index in [1.54, 1.807) is 0 Å². The molecule has 3 fully saturated rings. The maximum atomic E-state index is 12.1. The first-order valence-electron chi connectivity index (χ1n) is 11.7. The van der Waals surface area contributed by atoms with Gasteiger partial charge in [0.15, 0.2) is 0 Å². The molecule has 160 valence electrons. The standard InChI is InChI=1S/C24H37N3O2/c28-24(25-19-23-7-4-18-29-23)9-8-20-10-14-26(15-11-20)22-12-16-27(17-13-22)21-5-2-1-3-6-21/h1-3,5-6,20,22-23H,4,7-19H2,(H,25,28)/t23-/m1/s1. The molecule has 0 unspecified atom stereocenters. The summed E-state index contributed by atoms with van der Waals surface area (Å²) in [7, 11) is 0. The van der Waals surface area contributed by atoms with Gasteiger partial charge >= 0.3 is 0 Å². The molecule has 4 rings (SSSR count). The molecule has 1 amide bonds. The molecule has 1 aromatic carbocycles. The van der Waals surface area contributed by atoms with Gasteiger partial charge in [-0.25, -0.2) is 0 Å². The average Bonchev–Trinajstić information content (AvgIpc) is 3.31. The molecule has 3 saturated heterocycles. The summed E-state index contributed by atoms with van der Waals surface area (Å²) in [6, 6.07) is 11.6. The Bertz CT molecular complexity index is 616. The first-order valence-corrected chi connectivity index (χ1v) is 11.7. The number of carbonyl (C=O) groups is 1. The van der Waals surface area contributed by atoms with Crippen LogP contribution in [0.3, 0.4) is 0 Å². The van der Waals surface area contributed by atoms with Crippen molar-refractivity contribution in [1.29, 1.82) is 0 Å². The Balaban J connectivity index is 1.11. The smallest absolute Gasteiger partial charge is 0.220 e. The summed E-state index contributed by atoms with van der Waals surface area (Å²) in [6.07, 6.45) is 9.21. The van der Waals surface area contributed by atoms with Crippen molar-refractivity contribution >= 4 is 11.6 Å². The number of benzene rings is 1. The summed E-state index contributed by atoms with van der Waals surface area (Å²) in [5.74, 6) is 0.917. The molecule has 1 aromatic rings. The SMILES string of the molecule is O=C(CCC1CCN(C2CCN(c3ccccc3)CC2)CC1)NC[C@H]1CCCO1.